The molecule has 0 aliphatic heterocycles. The minimum atomic E-state index is -0.530. The van der Waals surface area contributed by atoms with Gasteiger partial charge in [0.05, 0.1) is 23.9 Å². The van der Waals surface area contributed by atoms with Crippen LogP contribution in [0.25, 0.3) is 21.2 Å². The van der Waals surface area contributed by atoms with E-state index in [0.717, 1.165) is 26.7 Å². The highest BCUT2D eigenvalue weighted by Gasteiger charge is 2.17. The molecule has 31 heavy (non-hydrogen) atoms. The fourth-order valence-electron chi connectivity index (χ4n) is 3.31. The predicted octanol–water partition coefficient (Wildman–Crippen LogP) is 4.38. The normalized spacial score (nSPS) is 11.9. The zero-order valence-corrected chi connectivity index (χ0v) is 18.5. The van der Waals surface area contributed by atoms with E-state index >= 15 is 0 Å². The van der Waals surface area contributed by atoms with Crippen LogP contribution in [0.4, 0.5) is 0 Å². The number of para-hydroxylation sites is 1. The topological polar surface area (TPSA) is 83.0 Å². The predicted molar refractivity (Wildman–Crippen MR) is 119 cm³/mol. The summed E-state index contributed by atoms with van der Waals surface area (Å²) in [6, 6.07) is 11.2. The van der Waals surface area contributed by atoms with Gasteiger partial charge < -0.3 is 18.5 Å². The Balaban J connectivity index is 1.84. The van der Waals surface area contributed by atoms with E-state index in [9.17, 15) is 9.59 Å². The Morgan fingerprint density at radius 1 is 1.16 bits per heavy atom. The first-order valence-corrected chi connectivity index (χ1v) is 10.6. The van der Waals surface area contributed by atoms with Crippen molar-refractivity contribution in [1.82, 2.24) is 4.57 Å². The van der Waals surface area contributed by atoms with Crippen molar-refractivity contribution in [2.45, 2.75) is 27.3 Å². The molecule has 0 N–H and O–H groups in total. The van der Waals surface area contributed by atoms with Crippen LogP contribution in [0.2, 0.25) is 0 Å². The number of carbonyl (C=O) groups is 2. The van der Waals surface area contributed by atoms with Gasteiger partial charge in [0.1, 0.15) is 6.54 Å². The van der Waals surface area contributed by atoms with Crippen LogP contribution in [0.3, 0.4) is 0 Å². The number of carbonyl (C=O) groups excluding carboxylic acids is 2. The smallest absolute Gasteiger partial charge is 0.325 e. The minimum absolute atomic E-state index is 0.0419. The molecule has 0 unspecified atom stereocenters. The van der Waals surface area contributed by atoms with Crippen molar-refractivity contribution in [3.05, 3.63) is 58.1 Å². The Bertz CT molecular complexity index is 1380. The summed E-state index contributed by atoms with van der Waals surface area (Å²) in [6.45, 7) is 6.35. The van der Waals surface area contributed by atoms with E-state index in [1.165, 1.54) is 18.4 Å². The second kappa shape index (κ2) is 8.39. The zero-order valence-electron chi connectivity index (χ0n) is 17.7. The Labute approximate surface area is 182 Å². The van der Waals surface area contributed by atoms with Crippen LogP contribution in [0.1, 0.15) is 28.6 Å². The van der Waals surface area contributed by atoms with Gasteiger partial charge in [0.25, 0.3) is 0 Å². The van der Waals surface area contributed by atoms with Gasteiger partial charge in [-0.3, -0.25) is 9.59 Å². The van der Waals surface area contributed by atoms with E-state index in [1.807, 2.05) is 45.0 Å². The molecule has 0 saturated heterocycles. The molecule has 4 rings (SSSR count). The number of methoxy groups -OCH3 is 1. The molecular formula is C23H22N2O5S. The first-order valence-electron chi connectivity index (χ1n) is 9.83. The fourth-order valence-corrected chi connectivity index (χ4v) is 4.41. The van der Waals surface area contributed by atoms with Crippen LogP contribution in [-0.4, -0.2) is 30.2 Å². The largest absolute Gasteiger partial charge is 0.490 e. The molecular weight excluding hydrogens is 416 g/mol. The van der Waals surface area contributed by atoms with E-state index < -0.39 is 11.9 Å². The number of hydrogen-bond donors (Lipinski definition) is 0. The van der Waals surface area contributed by atoms with Gasteiger partial charge in [-0.05, 0) is 56.2 Å². The summed E-state index contributed by atoms with van der Waals surface area (Å²) in [5.41, 5.74) is 3.54. The van der Waals surface area contributed by atoms with Crippen LogP contribution >= 0.6 is 11.3 Å². The standard InChI is InChI=1S/C23H22N2O5S/c1-5-29-17-8-6-7-15-11-18(30-21(15)17)22(27)24-23-25(12-20(26)28-4)16-9-13(2)14(3)10-19(16)31-23/h6-11H,5,12H2,1-4H3. The number of rotatable bonds is 5. The third-order valence-electron chi connectivity index (χ3n) is 5.03. The maximum absolute atomic E-state index is 12.9. The van der Waals surface area contributed by atoms with Crippen LogP contribution in [0, 0.1) is 13.8 Å². The van der Waals surface area contributed by atoms with Crippen molar-refractivity contribution < 1.29 is 23.5 Å². The lowest BCUT2D eigenvalue weighted by atomic mass is 10.1. The van der Waals surface area contributed by atoms with Crippen molar-refractivity contribution in [1.29, 1.82) is 0 Å². The van der Waals surface area contributed by atoms with Crippen LogP contribution in [-0.2, 0) is 16.1 Å². The maximum Gasteiger partial charge on any atom is 0.325 e. The van der Waals surface area contributed by atoms with Gasteiger partial charge in [-0.1, -0.05) is 23.5 Å². The number of aryl methyl sites for hydroxylation is 2. The van der Waals surface area contributed by atoms with Crippen LogP contribution in [0.15, 0.2) is 45.8 Å². The van der Waals surface area contributed by atoms with Gasteiger partial charge in [0, 0.05) is 5.39 Å². The number of ether oxygens (including phenoxy) is 2. The number of furan rings is 1. The monoisotopic (exact) mass is 438 g/mol. The molecule has 2 aromatic heterocycles. The lowest BCUT2D eigenvalue weighted by Crippen LogP contribution is -2.22. The number of thiazole rings is 1. The van der Waals surface area contributed by atoms with Crippen molar-refractivity contribution in [2.75, 3.05) is 13.7 Å². The zero-order chi connectivity index (χ0) is 22.1. The molecule has 4 aromatic rings. The van der Waals surface area contributed by atoms with Crippen LogP contribution < -0.4 is 9.54 Å². The molecule has 0 saturated carbocycles. The molecule has 0 spiro atoms. The van der Waals surface area contributed by atoms with Gasteiger partial charge >= 0.3 is 11.9 Å². The molecule has 2 aromatic carbocycles. The van der Waals surface area contributed by atoms with E-state index in [0.29, 0.717) is 22.7 Å². The summed E-state index contributed by atoms with van der Waals surface area (Å²) in [5.74, 6) is -0.265. The molecule has 8 heteroatoms. The number of hydrogen-bond acceptors (Lipinski definition) is 6. The van der Waals surface area contributed by atoms with Gasteiger partial charge in [0.15, 0.2) is 21.9 Å². The molecule has 0 aliphatic carbocycles. The van der Waals surface area contributed by atoms with Crippen LogP contribution in [0.5, 0.6) is 5.75 Å². The van der Waals surface area contributed by atoms with Crippen molar-refractivity contribution in [3.63, 3.8) is 0 Å². The maximum atomic E-state index is 12.9. The SMILES string of the molecule is CCOc1cccc2cc(C(=O)N=c3sc4cc(C)c(C)cc4n3CC(=O)OC)oc12. The summed E-state index contributed by atoms with van der Waals surface area (Å²) in [6.07, 6.45) is 0. The quantitative estimate of drug-likeness (QED) is 0.432. The lowest BCUT2D eigenvalue weighted by molar-refractivity contribution is -0.141. The van der Waals surface area contributed by atoms with E-state index in [-0.39, 0.29) is 12.3 Å². The second-order valence-corrected chi connectivity index (χ2v) is 8.10. The first kappa shape index (κ1) is 20.9. The van der Waals surface area contributed by atoms with Gasteiger partial charge in [-0.25, -0.2) is 0 Å². The number of aromatic nitrogens is 1. The number of esters is 1. The van der Waals surface area contributed by atoms with E-state index in [1.54, 1.807) is 16.7 Å². The molecule has 160 valence electrons. The highest BCUT2D eigenvalue weighted by Crippen LogP contribution is 2.29. The first-order chi connectivity index (χ1) is 14.9. The summed E-state index contributed by atoms with van der Waals surface area (Å²) in [7, 11) is 1.33. The van der Waals surface area contributed by atoms with Crippen molar-refractivity contribution >= 4 is 44.4 Å². The molecule has 7 nitrogen and oxygen atoms in total. The summed E-state index contributed by atoms with van der Waals surface area (Å²) in [4.78, 5) is 29.6. The van der Waals surface area contributed by atoms with Gasteiger partial charge in [-0.15, -0.1) is 0 Å². The average molecular weight is 439 g/mol. The number of fused-ring (bicyclic) bond motifs is 2. The highest BCUT2D eigenvalue weighted by atomic mass is 32.1. The molecule has 1 amide bonds. The summed E-state index contributed by atoms with van der Waals surface area (Å²) in [5, 5.41) is 0.759. The Hall–Kier alpha value is -3.39. The van der Waals surface area contributed by atoms with Crippen molar-refractivity contribution in [2.24, 2.45) is 4.99 Å². The third kappa shape index (κ3) is 3.98. The fraction of sp³-hybridized carbons (Fsp3) is 0.261. The van der Waals surface area contributed by atoms with Gasteiger partial charge in [-0.2, -0.15) is 4.99 Å². The van der Waals surface area contributed by atoms with Gasteiger partial charge in [0.2, 0.25) is 0 Å². The molecule has 0 atom stereocenters. The summed E-state index contributed by atoms with van der Waals surface area (Å²) < 4.78 is 18.8. The number of amides is 1. The third-order valence-corrected chi connectivity index (χ3v) is 6.07. The Morgan fingerprint density at radius 3 is 2.68 bits per heavy atom. The molecule has 0 fully saturated rings. The van der Waals surface area contributed by atoms with E-state index in [2.05, 4.69) is 4.99 Å². The molecule has 0 bridgehead atoms. The second-order valence-electron chi connectivity index (χ2n) is 7.09. The Morgan fingerprint density at radius 2 is 1.94 bits per heavy atom. The summed E-state index contributed by atoms with van der Waals surface area (Å²) >= 11 is 1.34. The number of nitrogens with zero attached hydrogens (tertiary/aromatic N) is 2. The van der Waals surface area contributed by atoms with Crippen molar-refractivity contribution in [3.8, 4) is 5.75 Å². The molecule has 2 heterocycles. The lowest BCUT2D eigenvalue weighted by Gasteiger charge is -2.05. The Kier molecular flexibility index (Phi) is 5.65. The molecule has 0 aliphatic rings. The number of benzene rings is 2. The molecule has 0 radical (unpaired) electrons. The minimum Gasteiger partial charge on any atom is -0.490 e. The van der Waals surface area contributed by atoms with E-state index in [4.69, 9.17) is 13.9 Å². The average Bonchev–Trinajstić information content (AvgIpc) is 3.31. The highest BCUT2D eigenvalue weighted by molar-refractivity contribution is 7.16.